The van der Waals surface area contributed by atoms with Crippen LogP contribution in [0.1, 0.15) is 25.7 Å². The number of hydrogen-bond acceptors (Lipinski definition) is 11. The van der Waals surface area contributed by atoms with E-state index in [1.54, 1.807) is 0 Å². The zero-order valence-corrected chi connectivity index (χ0v) is 15.2. The number of carboxylic acids is 4. The standard InChI is InChI=1S/C12H14O13.Ca/c13-5(14)1-11(23,9(19)20)3-7(17)25-8(18)4-12(24,10(21)22)2-6(15)16;/h23-24H,1-4H2,(H,13,14)(H,15,16)(H,19,20)(H,21,22);/q;+2/p-2. The second-order valence-corrected chi connectivity index (χ2v) is 4.97. The van der Waals surface area contributed by atoms with Gasteiger partial charge in [0.15, 0.2) is 5.60 Å². The maximum Gasteiger partial charge on any atom is 2.00 e. The first-order valence-corrected chi connectivity index (χ1v) is 6.26. The molecular weight excluding hydrogens is 392 g/mol. The van der Waals surface area contributed by atoms with E-state index in [1.165, 1.54) is 0 Å². The SMILES string of the molecule is O=C([O-])CC(O)(CC(=O)OC(=O)CC(O)(CC(=O)O)C(=O)O)C(=O)[O-].[Ca+2]. The number of ether oxygens (including phenoxy) is 1. The Morgan fingerprint density at radius 2 is 1.19 bits per heavy atom. The maximum absolute atomic E-state index is 11.4. The van der Waals surface area contributed by atoms with Crippen LogP contribution in [0.15, 0.2) is 0 Å². The zero-order valence-electron chi connectivity index (χ0n) is 13.0. The van der Waals surface area contributed by atoms with Gasteiger partial charge in [0.25, 0.3) is 0 Å². The van der Waals surface area contributed by atoms with Gasteiger partial charge in [-0.1, -0.05) is 0 Å². The molecule has 0 bridgehead atoms. The van der Waals surface area contributed by atoms with Crippen LogP contribution in [-0.4, -0.2) is 105 Å². The van der Waals surface area contributed by atoms with Crippen LogP contribution in [0.2, 0.25) is 0 Å². The van der Waals surface area contributed by atoms with Gasteiger partial charge in [-0.3, -0.25) is 14.4 Å². The molecule has 140 valence electrons. The zero-order chi connectivity index (χ0) is 20.0. The molecule has 0 aliphatic rings. The van der Waals surface area contributed by atoms with Crippen molar-refractivity contribution < 1.29 is 64.1 Å². The van der Waals surface area contributed by atoms with Gasteiger partial charge >= 0.3 is 61.6 Å². The number of hydrogen-bond donors (Lipinski definition) is 4. The van der Waals surface area contributed by atoms with Crippen LogP contribution in [0.25, 0.3) is 0 Å². The third-order valence-electron chi connectivity index (χ3n) is 2.76. The number of carboxylic acid groups (broad SMARTS) is 4. The van der Waals surface area contributed by atoms with E-state index in [-0.39, 0.29) is 37.7 Å². The Kier molecular flexibility index (Phi) is 10.5. The predicted molar refractivity (Wildman–Crippen MR) is 70.5 cm³/mol. The molecule has 2 atom stereocenters. The van der Waals surface area contributed by atoms with Gasteiger partial charge in [-0.25, -0.2) is 4.79 Å². The fourth-order valence-electron chi connectivity index (χ4n) is 1.59. The summed E-state index contributed by atoms with van der Waals surface area (Å²) in [7, 11) is 0. The first-order chi connectivity index (χ1) is 11.2. The molecule has 0 fully saturated rings. The molecule has 4 N–H and O–H groups in total. The largest absolute Gasteiger partial charge is 2.00 e. The average Bonchev–Trinajstić information content (AvgIpc) is 2.34. The van der Waals surface area contributed by atoms with E-state index in [2.05, 4.69) is 4.74 Å². The summed E-state index contributed by atoms with van der Waals surface area (Å²) in [5.74, 6) is -11.9. The normalized spacial score (nSPS) is 14.7. The molecule has 0 aliphatic heterocycles. The Labute approximate surface area is 174 Å². The van der Waals surface area contributed by atoms with Crippen molar-refractivity contribution in [1.29, 1.82) is 0 Å². The molecule has 26 heavy (non-hydrogen) atoms. The fourth-order valence-corrected chi connectivity index (χ4v) is 1.59. The van der Waals surface area contributed by atoms with E-state index >= 15 is 0 Å². The number of carbonyl (C=O) groups is 6. The van der Waals surface area contributed by atoms with Crippen LogP contribution in [0.5, 0.6) is 0 Å². The molecule has 0 amide bonds. The molecule has 0 aromatic carbocycles. The average molecular weight is 404 g/mol. The molecular formula is C12H12CaO13. The molecule has 0 aromatic heterocycles. The van der Waals surface area contributed by atoms with Gasteiger partial charge in [-0.15, -0.1) is 0 Å². The van der Waals surface area contributed by atoms with Crippen LogP contribution >= 0.6 is 0 Å². The molecule has 0 saturated heterocycles. The number of aliphatic carboxylic acids is 4. The summed E-state index contributed by atoms with van der Waals surface area (Å²) in [6.07, 6.45) is -6.06. The molecule has 0 aliphatic carbocycles. The van der Waals surface area contributed by atoms with Crippen LogP contribution in [-0.2, 0) is 33.5 Å². The first kappa shape index (κ1) is 26.4. The Balaban J connectivity index is 0. The summed E-state index contributed by atoms with van der Waals surface area (Å²) in [6, 6.07) is 0. The smallest absolute Gasteiger partial charge is 0.550 e. The summed E-state index contributed by atoms with van der Waals surface area (Å²) in [6.45, 7) is 0. The van der Waals surface area contributed by atoms with Crippen molar-refractivity contribution in [2.75, 3.05) is 0 Å². The Morgan fingerprint density at radius 1 is 0.769 bits per heavy atom. The summed E-state index contributed by atoms with van der Waals surface area (Å²) in [4.78, 5) is 65.1. The molecule has 2 unspecified atom stereocenters. The quantitative estimate of drug-likeness (QED) is 0.151. The second-order valence-electron chi connectivity index (χ2n) is 4.97. The number of carbonyl (C=O) groups excluding carboxylic acids is 4. The Bertz CT molecular complexity index is 562. The number of aliphatic hydroxyl groups is 2. The minimum absolute atomic E-state index is 0. The molecule has 14 heteroatoms. The van der Waals surface area contributed by atoms with E-state index in [0.29, 0.717) is 0 Å². The van der Waals surface area contributed by atoms with Crippen molar-refractivity contribution in [1.82, 2.24) is 0 Å². The van der Waals surface area contributed by atoms with Crippen molar-refractivity contribution in [2.45, 2.75) is 36.9 Å². The van der Waals surface area contributed by atoms with E-state index in [0.717, 1.165) is 0 Å². The van der Waals surface area contributed by atoms with E-state index in [1.807, 2.05) is 0 Å². The van der Waals surface area contributed by atoms with Crippen LogP contribution in [0, 0.1) is 0 Å². The number of esters is 2. The van der Waals surface area contributed by atoms with Gasteiger partial charge in [0.05, 0.1) is 25.2 Å². The van der Waals surface area contributed by atoms with Gasteiger partial charge in [-0.05, 0) is 0 Å². The third kappa shape index (κ3) is 8.53. The van der Waals surface area contributed by atoms with Crippen LogP contribution in [0.3, 0.4) is 0 Å². The Hall–Kier alpha value is -1.80. The molecule has 0 heterocycles. The minimum atomic E-state index is -3.26. The third-order valence-corrected chi connectivity index (χ3v) is 2.76. The molecule has 0 radical (unpaired) electrons. The van der Waals surface area contributed by atoms with E-state index in [4.69, 9.17) is 10.2 Å². The molecule has 0 aromatic rings. The Morgan fingerprint density at radius 3 is 1.50 bits per heavy atom. The van der Waals surface area contributed by atoms with Gasteiger partial charge in [0.1, 0.15) is 5.60 Å². The molecule has 0 rings (SSSR count). The second kappa shape index (κ2) is 10.4. The van der Waals surface area contributed by atoms with Crippen molar-refractivity contribution in [3.8, 4) is 0 Å². The van der Waals surface area contributed by atoms with Crippen molar-refractivity contribution in [3.63, 3.8) is 0 Å². The van der Waals surface area contributed by atoms with Gasteiger partial charge in [0.2, 0.25) is 0 Å². The van der Waals surface area contributed by atoms with Crippen molar-refractivity contribution in [2.24, 2.45) is 0 Å². The van der Waals surface area contributed by atoms with Crippen molar-refractivity contribution >= 4 is 73.6 Å². The molecule has 0 spiro atoms. The monoisotopic (exact) mass is 404 g/mol. The van der Waals surface area contributed by atoms with Gasteiger partial charge in [-0.2, -0.15) is 0 Å². The summed E-state index contributed by atoms with van der Waals surface area (Å²) < 4.78 is 3.95. The first-order valence-electron chi connectivity index (χ1n) is 6.26. The van der Waals surface area contributed by atoms with Gasteiger partial charge in [0, 0.05) is 12.4 Å². The molecule has 13 nitrogen and oxygen atoms in total. The number of rotatable bonds is 10. The topological polar surface area (TPSA) is 239 Å². The van der Waals surface area contributed by atoms with E-state index in [9.17, 15) is 49.2 Å². The predicted octanol–water partition coefficient (Wildman–Crippen LogP) is -5.63. The summed E-state index contributed by atoms with van der Waals surface area (Å²) in [5.41, 5.74) is -6.38. The summed E-state index contributed by atoms with van der Waals surface area (Å²) >= 11 is 0. The van der Waals surface area contributed by atoms with Crippen LogP contribution in [0.4, 0.5) is 0 Å². The minimum Gasteiger partial charge on any atom is -0.550 e. The van der Waals surface area contributed by atoms with Gasteiger partial charge < -0.3 is 45.0 Å². The maximum atomic E-state index is 11.4. The molecule has 0 saturated carbocycles. The fraction of sp³-hybridized carbons (Fsp3) is 0.500. The van der Waals surface area contributed by atoms with E-state index < -0.39 is 72.7 Å². The van der Waals surface area contributed by atoms with Crippen molar-refractivity contribution in [3.05, 3.63) is 0 Å². The van der Waals surface area contributed by atoms with Crippen LogP contribution < -0.4 is 10.2 Å². The summed E-state index contributed by atoms with van der Waals surface area (Å²) in [5, 5.41) is 57.3.